The fourth-order valence-corrected chi connectivity index (χ4v) is 6.01. The molecule has 1 aliphatic rings. The largest absolute Gasteiger partial charge is 0.351 e. The van der Waals surface area contributed by atoms with Gasteiger partial charge in [-0.3, -0.25) is 14.4 Å². The van der Waals surface area contributed by atoms with Gasteiger partial charge in [0.15, 0.2) is 0 Å². The van der Waals surface area contributed by atoms with Crippen LogP contribution in [-0.4, -0.2) is 24.1 Å². The molecule has 3 heterocycles. The Morgan fingerprint density at radius 2 is 1.93 bits per heavy atom. The van der Waals surface area contributed by atoms with Crippen molar-refractivity contribution in [1.82, 2.24) is 5.32 Å². The maximum Gasteiger partial charge on any atom is 0.252 e. The molecule has 0 saturated heterocycles. The number of nitrogens with one attached hydrogen (secondary N) is 2. The Labute approximate surface area is 180 Å². The number of hydrogen-bond acceptors (Lipinski definition) is 6. The third-order valence-corrected chi connectivity index (χ3v) is 7.58. The van der Waals surface area contributed by atoms with E-state index in [1.54, 1.807) is 11.4 Å². The van der Waals surface area contributed by atoms with Crippen LogP contribution in [0.25, 0.3) is 0 Å². The molecule has 1 aliphatic carbocycles. The second-order valence-corrected chi connectivity index (χ2v) is 9.62. The molecule has 0 aromatic carbocycles. The average molecular weight is 445 g/mol. The molecule has 0 saturated carbocycles. The van der Waals surface area contributed by atoms with Gasteiger partial charge in [0, 0.05) is 28.8 Å². The van der Waals surface area contributed by atoms with E-state index in [-0.39, 0.29) is 30.6 Å². The molecule has 0 atom stereocenters. The van der Waals surface area contributed by atoms with Crippen LogP contribution >= 0.6 is 34.0 Å². The van der Waals surface area contributed by atoms with Gasteiger partial charge in [-0.1, -0.05) is 6.07 Å². The standard InChI is InChI=1S/C21H20N2O3S3/c24-17(7-9-22-20(26)13-8-11-27-12-13)23-21-18(19(25)16-6-3-10-28-16)14-4-1-2-5-15(14)29-21/h3,6,8,10-12H,1-2,4-5,7,9H2,(H,22,26)(H,23,24). The molecule has 29 heavy (non-hydrogen) atoms. The molecule has 0 bridgehead atoms. The van der Waals surface area contributed by atoms with Gasteiger partial charge in [-0.2, -0.15) is 11.3 Å². The molecule has 0 fully saturated rings. The molecule has 150 valence electrons. The molecular weight excluding hydrogens is 424 g/mol. The topological polar surface area (TPSA) is 75.3 Å². The van der Waals surface area contributed by atoms with Gasteiger partial charge >= 0.3 is 0 Å². The van der Waals surface area contributed by atoms with E-state index >= 15 is 0 Å². The van der Waals surface area contributed by atoms with Crippen LogP contribution in [-0.2, 0) is 17.6 Å². The number of hydrogen-bond donors (Lipinski definition) is 2. The third kappa shape index (κ3) is 4.49. The number of amides is 2. The monoisotopic (exact) mass is 444 g/mol. The van der Waals surface area contributed by atoms with Crippen LogP contribution in [0.5, 0.6) is 0 Å². The Bertz CT molecular complexity index is 1020. The smallest absolute Gasteiger partial charge is 0.252 e. The molecular formula is C21H20N2O3S3. The zero-order valence-corrected chi connectivity index (χ0v) is 18.1. The van der Waals surface area contributed by atoms with E-state index in [4.69, 9.17) is 0 Å². The Hall–Kier alpha value is -2.29. The summed E-state index contributed by atoms with van der Waals surface area (Å²) in [6.07, 6.45) is 4.17. The van der Waals surface area contributed by atoms with Gasteiger partial charge in [-0.25, -0.2) is 0 Å². The minimum absolute atomic E-state index is 0.0135. The summed E-state index contributed by atoms with van der Waals surface area (Å²) < 4.78 is 0. The summed E-state index contributed by atoms with van der Waals surface area (Å²) in [6, 6.07) is 5.44. The summed E-state index contributed by atoms with van der Waals surface area (Å²) in [5.41, 5.74) is 2.36. The lowest BCUT2D eigenvalue weighted by Gasteiger charge is -2.12. The molecule has 3 aromatic rings. The Morgan fingerprint density at radius 1 is 1.07 bits per heavy atom. The van der Waals surface area contributed by atoms with Crippen LogP contribution < -0.4 is 10.6 Å². The highest BCUT2D eigenvalue weighted by atomic mass is 32.1. The van der Waals surface area contributed by atoms with E-state index in [0.29, 0.717) is 21.0 Å². The van der Waals surface area contributed by atoms with E-state index in [2.05, 4.69) is 10.6 Å². The van der Waals surface area contributed by atoms with Crippen molar-refractivity contribution in [3.8, 4) is 0 Å². The van der Waals surface area contributed by atoms with Gasteiger partial charge in [0.25, 0.3) is 5.91 Å². The number of ketones is 1. The Balaban J connectivity index is 1.45. The van der Waals surface area contributed by atoms with Crippen molar-refractivity contribution in [3.05, 3.63) is 60.8 Å². The molecule has 0 radical (unpaired) electrons. The second kappa shape index (κ2) is 9.02. The molecule has 0 spiro atoms. The third-order valence-electron chi connectivity index (χ3n) is 4.82. The minimum atomic E-state index is -0.200. The lowest BCUT2D eigenvalue weighted by atomic mass is 9.93. The van der Waals surface area contributed by atoms with Crippen molar-refractivity contribution < 1.29 is 14.4 Å². The first-order chi connectivity index (χ1) is 14.1. The highest BCUT2D eigenvalue weighted by Crippen LogP contribution is 2.39. The van der Waals surface area contributed by atoms with Gasteiger partial charge in [0.2, 0.25) is 11.7 Å². The highest BCUT2D eigenvalue weighted by molar-refractivity contribution is 7.17. The van der Waals surface area contributed by atoms with Gasteiger partial charge in [0.05, 0.1) is 10.4 Å². The van der Waals surface area contributed by atoms with Crippen LogP contribution in [0, 0.1) is 0 Å². The summed E-state index contributed by atoms with van der Waals surface area (Å²) in [4.78, 5) is 39.5. The second-order valence-electron chi connectivity index (χ2n) is 6.79. The molecule has 3 aromatic heterocycles. The number of rotatable bonds is 7. The predicted octanol–water partition coefficient (Wildman–Crippen LogP) is 4.74. The van der Waals surface area contributed by atoms with Gasteiger partial charge in [0.1, 0.15) is 5.00 Å². The van der Waals surface area contributed by atoms with Crippen LogP contribution in [0.2, 0.25) is 0 Å². The molecule has 4 rings (SSSR count). The summed E-state index contributed by atoms with van der Waals surface area (Å²) in [6.45, 7) is 0.250. The maximum absolute atomic E-state index is 13.1. The first-order valence-electron chi connectivity index (χ1n) is 9.46. The van der Waals surface area contributed by atoms with Crippen molar-refractivity contribution in [2.45, 2.75) is 32.1 Å². The first-order valence-corrected chi connectivity index (χ1v) is 12.1. The van der Waals surface area contributed by atoms with Crippen LogP contribution in [0.3, 0.4) is 0 Å². The normalized spacial score (nSPS) is 13.0. The Morgan fingerprint density at radius 3 is 2.69 bits per heavy atom. The summed E-state index contributed by atoms with van der Waals surface area (Å²) in [5.74, 6) is -0.394. The minimum Gasteiger partial charge on any atom is -0.351 e. The SMILES string of the molecule is O=C(CCNC(=O)c1ccsc1)Nc1sc2c(c1C(=O)c1cccs1)CCCC2. The van der Waals surface area contributed by atoms with E-state index in [1.807, 2.05) is 22.9 Å². The van der Waals surface area contributed by atoms with Crippen molar-refractivity contribution in [3.63, 3.8) is 0 Å². The van der Waals surface area contributed by atoms with E-state index in [0.717, 1.165) is 31.2 Å². The molecule has 8 heteroatoms. The molecule has 0 aliphatic heterocycles. The summed E-state index contributed by atoms with van der Waals surface area (Å²) in [5, 5.41) is 11.8. The summed E-state index contributed by atoms with van der Waals surface area (Å²) >= 11 is 4.39. The van der Waals surface area contributed by atoms with E-state index in [9.17, 15) is 14.4 Å². The molecule has 2 N–H and O–H groups in total. The van der Waals surface area contributed by atoms with Crippen LogP contribution in [0.1, 0.15) is 55.3 Å². The summed E-state index contributed by atoms with van der Waals surface area (Å²) in [7, 11) is 0. The number of fused-ring (bicyclic) bond motifs is 1. The number of carbonyl (C=O) groups excluding carboxylic acids is 3. The number of thiophene rings is 3. The quantitative estimate of drug-likeness (QED) is 0.517. The fraction of sp³-hybridized carbons (Fsp3) is 0.286. The maximum atomic E-state index is 13.1. The zero-order valence-electron chi connectivity index (χ0n) is 15.7. The number of aryl methyl sites for hydroxylation is 1. The lowest BCUT2D eigenvalue weighted by Crippen LogP contribution is -2.27. The first kappa shape index (κ1) is 20.0. The van der Waals surface area contributed by atoms with Crippen molar-refractivity contribution in [2.24, 2.45) is 0 Å². The molecule has 2 amide bonds. The molecule has 0 unspecified atom stereocenters. The highest BCUT2D eigenvalue weighted by Gasteiger charge is 2.27. The Kier molecular flexibility index (Phi) is 6.22. The average Bonchev–Trinajstić information content (AvgIpc) is 3.47. The predicted molar refractivity (Wildman–Crippen MR) is 119 cm³/mol. The fourth-order valence-electron chi connectivity index (χ4n) is 3.40. The molecule has 5 nitrogen and oxygen atoms in total. The van der Waals surface area contributed by atoms with E-state index < -0.39 is 0 Å². The number of carbonyl (C=O) groups is 3. The van der Waals surface area contributed by atoms with Gasteiger partial charge in [-0.05, 0) is 54.1 Å². The van der Waals surface area contributed by atoms with Crippen molar-refractivity contribution in [2.75, 3.05) is 11.9 Å². The van der Waals surface area contributed by atoms with Crippen molar-refractivity contribution >= 4 is 56.6 Å². The van der Waals surface area contributed by atoms with E-state index in [1.165, 1.54) is 38.9 Å². The van der Waals surface area contributed by atoms with Gasteiger partial charge in [-0.15, -0.1) is 22.7 Å². The number of anilines is 1. The van der Waals surface area contributed by atoms with Gasteiger partial charge < -0.3 is 10.6 Å². The van der Waals surface area contributed by atoms with Crippen LogP contribution in [0.4, 0.5) is 5.00 Å². The zero-order chi connectivity index (χ0) is 20.2. The van der Waals surface area contributed by atoms with Crippen molar-refractivity contribution in [1.29, 1.82) is 0 Å². The lowest BCUT2D eigenvalue weighted by molar-refractivity contribution is -0.116. The van der Waals surface area contributed by atoms with Crippen LogP contribution in [0.15, 0.2) is 34.3 Å².